The van der Waals surface area contributed by atoms with Gasteiger partial charge in [0.15, 0.2) is 0 Å². The fraction of sp³-hybridized carbons (Fsp3) is 0.533. The van der Waals surface area contributed by atoms with Crippen LogP contribution in [0.1, 0.15) is 12.5 Å². The van der Waals surface area contributed by atoms with E-state index in [1.165, 1.54) is 0 Å². The maximum atomic E-state index is 10.1. The Balaban J connectivity index is 1.77. The number of β-amino-alcohol motifs (C(OH)–C–C–N with tert-alkyl or cyclic N) is 1. The van der Waals surface area contributed by atoms with Crippen molar-refractivity contribution >= 4 is 17.2 Å². The van der Waals surface area contributed by atoms with Crippen molar-refractivity contribution in [1.82, 2.24) is 4.90 Å². The molecule has 1 aromatic carbocycles. The molecular weight excluding hydrogens is 288 g/mol. The summed E-state index contributed by atoms with van der Waals surface area (Å²) < 4.78 is 11.0. The molecule has 1 fully saturated rings. The van der Waals surface area contributed by atoms with Gasteiger partial charge in [0.1, 0.15) is 23.4 Å². The van der Waals surface area contributed by atoms with Gasteiger partial charge < -0.3 is 20.3 Å². The Hall–Kier alpha value is -1.21. The number of aliphatic hydroxyl groups is 1. The second-order valence-electron chi connectivity index (χ2n) is 5.27. The number of aliphatic hydroxyl groups excluding tert-OH is 1. The summed E-state index contributed by atoms with van der Waals surface area (Å²) >= 11 is 4.89. The SMILES string of the molecule is CC1COCCN1CC(O)COc1ccc(C(N)=S)cc1. The lowest BCUT2D eigenvalue weighted by Crippen LogP contribution is -2.47. The molecule has 3 N–H and O–H groups in total. The zero-order valence-electron chi connectivity index (χ0n) is 12.2. The first-order valence-electron chi connectivity index (χ1n) is 7.09. The minimum atomic E-state index is -0.527. The third-order valence-electron chi connectivity index (χ3n) is 3.53. The highest BCUT2D eigenvalue weighted by Crippen LogP contribution is 2.13. The van der Waals surface area contributed by atoms with Gasteiger partial charge in [0, 0.05) is 24.7 Å². The Labute approximate surface area is 130 Å². The molecule has 5 nitrogen and oxygen atoms in total. The summed E-state index contributed by atoms with van der Waals surface area (Å²) in [7, 11) is 0. The van der Waals surface area contributed by atoms with Crippen LogP contribution in [-0.2, 0) is 4.74 Å². The molecule has 1 aliphatic rings. The van der Waals surface area contributed by atoms with E-state index in [0.717, 1.165) is 18.7 Å². The monoisotopic (exact) mass is 310 g/mol. The van der Waals surface area contributed by atoms with E-state index in [-0.39, 0.29) is 6.61 Å². The molecule has 21 heavy (non-hydrogen) atoms. The van der Waals surface area contributed by atoms with Gasteiger partial charge in [-0.3, -0.25) is 4.90 Å². The molecule has 1 heterocycles. The van der Waals surface area contributed by atoms with E-state index in [2.05, 4.69) is 11.8 Å². The van der Waals surface area contributed by atoms with Crippen molar-refractivity contribution in [1.29, 1.82) is 0 Å². The summed E-state index contributed by atoms with van der Waals surface area (Å²) in [5, 5.41) is 10.1. The van der Waals surface area contributed by atoms with Gasteiger partial charge in [-0.2, -0.15) is 0 Å². The smallest absolute Gasteiger partial charge is 0.119 e. The van der Waals surface area contributed by atoms with Crippen molar-refractivity contribution in [2.45, 2.75) is 19.1 Å². The average Bonchev–Trinajstić information content (AvgIpc) is 2.48. The molecule has 0 spiro atoms. The van der Waals surface area contributed by atoms with Gasteiger partial charge >= 0.3 is 0 Å². The molecule has 0 aromatic heterocycles. The zero-order chi connectivity index (χ0) is 15.2. The summed E-state index contributed by atoms with van der Waals surface area (Å²) in [6.45, 7) is 5.24. The molecule has 0 bridgehead atoms. The number of rotatable bonds is 6. The number of hydrogen-bond acceptors (Lipinski definition) is 5. The molecule has 0 saturated carbocycles. The minimum absolute atomic E-state index is 0.260. The van der Waals surface area contributed by atoms with E-state index in [1.54, 1.807) is 12.1 Å². The third kappa shape index (κ3) is 4.93. The van der Waals surface area contributed by atoms with E-state index in [0.29, 0.717) is 29.9 Å². The van der Waals surface area contributed by atoms with E-state index >= 15 is 0 Å². The van der Waals surface area contributed by atoms with Crippen LogP contribution in [0.15, 0.2) is 24.3 Å². The number of thiocarbonyl (C=S) groups is 1. The van der Waals surface area contributed by atoms with Crippen molar-refractivity contribution in [2.24, 2.45) is 5.73 Å². The van der Waals surface area contributed by atoms with Crippen LogP contribution in [0.5, 0.6) is 5.75 Å². The number of hydrogen-bond donors (Lipinski definition) is 2. The molecule has 1 aromatic rings. The van der Waals surface area contributed by atoms with Gasteiger partial charge in [-0.15, -0.1) is 0 Å². The standard InChI is InChI=1S/C15H22N2O3S/c1-11-9-19-7-6-17(11)8-13(18)10-20-14-4-2-12(3-5-14)15(16)21/h2-5,11,13,18H,6-10H2,1H3,(H2,16,21). The average molecular weight is 310 g/mol. The maximum absolute atomic E-state index is 10.1. The molecular formula is C15H22N2O3S. The fourth-order valence-electron chi connectivity index (χ4n) is 2.26. The second-order valence-corrected chi connectivity index (χ2v) is 5.71. The highest BCUT2D eigenvalue weighted by atomic mass is 32.1. The first kappa shape index (κ1) is 16.2. The minimum Gasteiger partial charge on any atom is -0.491 e. The molecule has 0 amide bonds. The first-order chi connectivity index (χ1) is 10.1. The van der Waals surface area contributed by atoms with Crippen molar-refractivity contribution < 1.29 is 14.6 Å². The van der Waals surface area contributed by atoms with Crippen LogP contribution < -0.4 is 10.5 Å². The summed E-state index contributed by atoms with van der Waals surface area (Å²) in [5.74, 6) is 0.698. The van der Waals surface area contributed by atoms with Crippen LogP contribution in [0.25, 0.3) is 0 Å². The Morgan fingerprint density at radius 1 is 1.52 bits per heavy atom. The van der Waals surface area contributed by atoms with Gasteiger partial charge in [0.2, 0.25) is 0 Å². The quantitative estimate of drug-likeness (QED) is 0.757. The topological polar surface area (TPSA) is 68.0 Å². The van der Waals surface area contributed by atoms with E-state index in [4.69, 9.17) is 27.4 Å². The Morgan fingerprint density at radius 3 is 2.86 bits per heavy atom. The summed E-state index contributed by atoms with van der Waals surface area (Å²) in [4.78, 5) is 2.58. The van der Waals surface area contributed by atoms with E-state index < -0.39 is 6.10 Å². The van der Waals surface area contributed by atoms with Gasteiger partial charge in [0.05, 0.1) is 13.2 Å². The largest absolute Gasteiger partial charge is 0.491 e. The van der Waals surface area contributed by atoms with Gasteiger partial charge in [-0.1, -0.05) is 12.2 Å². The normalized spacial score (nSPS) is 21.0. The molecule has 2 unspecified atom stereocenters. The number of morpholine rings is 1. The first-order valence-corrected chi connectivity index (χ1v) is 7.49. The Morgan fingerprint density at radius 2 is 2.24 bits per heavy atom. The summed E-state index contributed by atoms with van der Waals surface area (Å²) in [5.41, 5.74) is 6.34. The third-order valence-corrected chi connectivity index (χ3v) is 3.77. The molecule has 1 saturated heterocycles. The molecule has 2 rings (SSSR count). The number of nitrogens with two attached hydrogens (primary N) is 1. The Bertz CT molecular complexity index is 466. The van der Waals surface area contributed by atoms with Gasteiger partial charge in [0.25, 0.3) is 0 Å². The second kappa shape index (κ2) is 7.70. The summed E-state index contributed by atoms with van der Waals surface area (Å²) in [6.07, 6.45) is -0.527. The molecule has 116 valence electrons. The van der Waals surface area contributed by atoms with Crippen LogP contribution in [0, 0.1) is 0 Å². The van der Waals surface area contributed by atoms with E-state index in [9.17, 15) is 5.11 Å². The highest BCUT2D eigenvalue weighted by molar-refractivity contribution is 7.80. The maximum Gasteiger partial charge on any atom is 0.119 e. The highest BCUT2D eigenvalue weighted by Gasteiger charge is 2.21. The van der Waals surface area contributed by atoms with Crippen molar-refractivity contribution in [3.8, 4) is 5.75 Å². The lowest BCUT2D eigenvalue weighted by molar-refractivity contribution is -0.0265. The lowest BCUT2D eigenvalue weighted by Gasteiger charge is -2.34. The van der Waals surface area contributed by atoms with Crippen molar-refractivity contribution in [3.63, 3.8) is 0 Å². The Kier molecular flexibility index (Phi) is 5.93. The van der Waals surface area contributed by atoms with E-state index in [1.807, 2.05) is 12.1 Å². The predicted octanol–water partition coefficient (Wildman–Crippen LogP) is 0.781. The van der Waals surface area contributed by atoms with Crippen molar-refractivity contribution in [3.05, 3.63) is 29.8 Å². The van der Waals surface area contributed by atoms with Crippen molar-refractivity contribution in [2.75, 3.05) is 32.9 Å². The predicted molar refractivity (Wildman–Crippen MR) is 85.7 cm³/mol. The van der Waals surface area contributed by atoms with Gasteiger partial charge in [-0.05, 0) is 31.2 Å². The molecule has 0 aliphatic carbocycles. The lowest BCUT2D eigenvalue weighted by atomic mass is 10.2. The molecule has 2 atom stereocenters. The van der Waals surface area contributed by atoms with Crippen LogP contribution in [-0.4, -0.2) is 60.1 Å². The molecule has 0 radical (unpaired) electrons. The van der Waals surface area contributed by atoms with Gasteiger partial charge in [-0.25, -0.2) is 0 Å². The summed E-state index contributed by atoms with van der Waals surface area (Å²) in [6, 6.07) is 7.57. The zero-order valence-corrected chi connectivity index (χ0v) is 13.0. The number of nitrogens with zero attached hydrogens (tertiary/aromatic N) is 1. The van der Waals surface area contributed by atoms with Crippen LogP contribution >= 0.6 is 12.2 Å². The van der Waals surface area contributed by atoms with Crippen LogP contribution in [0.4, 0.5) is 0 Å². The molecule has 1 aliphatic heterocycles. The molecule has 6 heteroatoms. The van der Waals surface area contributed by atoms with Crippen LogP contribution in [0.3, 0.4) is 0 Å². The number of benzene rings is 1. The number of ether oxygens (including phenoxy) is 2. The fourth-order valence-corrected chi connectivity index (χ4v) is 2.40. The van der Waals surface area contributed by atoms with Crippen LogP contribution in [0.2, 0.25) is 0 Å².